The molecule has 1 aliphatic rings. The van der Waals surface area contributed by atoms with Crippen molar-refractivity contribution in [2.24, 2.45) is 0 Å². The molecule has 0 bridgehead atoms. The number of hydrogen-bond acceptors (Lipinski definition) is 1. The minimum absolute atomic E-state index is 1.19. The maximum absolute atomic E-state index is 4.63. The molecule has 1 heteroatoms. The van der Waals surface area contributed by atoms with Crippen molar-refractivity contribution in [1.29, 1.82) is 0 Å². The predicted octanol–water partition coefficient (Wildman–Crippen LogP) is 4.41. The van der Waals surface area contributed by atoms with Gasteiger partial charge in [-0.15, -0.1) is 0 Å². The SMILES string of the molecule is c1ccc(-c2nccc3c2CCCCCC3)cc1. The average molecular weight is 237 g/mol. The largest absolute Gasteiger partial charge is 0.256 e. The highest BCUT2D eigenvalue weighted by Gasteiger charge is 2.12. The summed E-state index contributed by atoms with van der Waals surface area (Å²) < 4.78 is 0. The molecule has 0 saturated heterocycles. The van der Waals surface area contributed by atoms with Gasteiger partial charge in [-0.3, -0.25) is 4.98 Å². The van der Waals surface area contributed by atoms with Crippen molar-refractivity contribution in [3.63, 3.8) is 0 Å². The molecule has 0 amide bonds. The summed E-state index contributed by atoms with van der Waals surface area (Å²) in [6.45, 7) is 0. The number of rotatable bonds is 1. The summed E-state index contributed by atoms with van der Waals surface area (Å²) in [7, 11) is 0. The minimum Gasteiger partial charge on any atom is -0.256 e. The number of aromatic nitrogens is 1. The van der Waals surface area contributed by atoms with Crippen LogP contribution >= 0.6 is 0 Å². The van der Waals surface area contributed by atoms with Gasteiger partial charge >= 0.3 is 0 Å². The van der Waals surface area contributed by atoms with E-state index in [1.165, 1.54) is 60.9 Å². The van der Waals surface area contributed by atoms with Crippen molar-refractivity contribution in [3.8, 4) is 11.3 Å². The van der Waals surface area contributed by atoms with Gasteiger partial charge in [-0.05, 0) is 42.9 Å². The molecule has 1 aromatic heterocycles. The van der Waals surface area contributed by atoms with E-state index in [-0.39, 0.29) is 0 Å². The Kier molecular flexibility index (Phi) is 3.40. The molecule has 1 aromatic carbocycles. The molecule has 92 valence electrons. The summed E-state index contributed by atoms with van der Waals surface area (Å²) in [5, 5.41) is 0. The summed E-state index contributed by atoms with van der Waals surface area (Å²) in [6.07, 6.45) is 9.75. The van der Waals surface area contributed by atoms with Crippen molar-refractivity contribution in [3.05, 3.63) is 53.7 Å². The Bertz CT molecular complexity index is 516. The highest BCUT2D eigenvalue weighted by Crippen LogP contribution is 2.28. The number of aryl methyl sites for hydroxylation is 1. The number of fused-ring (bicyclic) bond motifs is 1. The number of benzene rings is 1. The van der Waals surface area contributed by atoms with Gasteiger partial charge < -0.3 is 0 Å². The van der Waals surface area contributed by atoms with Crippen LogP contribution in [0.2, 0.25) is 0 Å². The molecule has 0 N–H and O–H groups in total. The third-order valence-electron chi connectivity index (χ3n) is 3.82. The van der Waals surface area contributed by atoms with Gasteiger partial charge in [-0.2, -0.15) is 0 Å². The highest BCUT2D eigenvalue weighted by molar-refractivity contribution is 5.64. The monoisotopic (exact) mass is 237 g/mol. The Morgan fingerprint density at radius 1 is 0.778 bits per heavy atom. The molecular formula is C17H19N. The molecule has 3 rings (SSSR count). The maximum Gasteiger partial charge on any atom is 0.0736 e. The van der Waals surface area contributed by atoms with E-state index in [1.54, 1.807) is 0 Å². The second-order valence-electron chi connectivity index (χ2n) is 5.08. The molecule has 18 heavy (non-hydrogen) atoms. The predicted molar refractivity (Wildman–Crippen MR) is 75.5 cm³/mol. The quantitative estimate of drug-likeness (QED) is 0.716. The summed E-state index contributed by atoms with van der Waals surface area (Å²) in [5.41, 5.74) is 5.47. The van der Waals surface area contributed by atoms with Crippen LogP contribution in [0.3, 0.4) is 0 Å². The van der Waals surface area contributed by atoms with Crippen molar-refractivity contribution in [2.75, 3.05) is 0 Å². The maximum atomic E-state index is 4.63. The first-order chi connectivity index (χ1) is 8.95. The van der Waals surface area contributed by atoms with Crippen LogP contribution in [0.1, 0.15) is 36.8 Å². The summed E-state index contributed by atoms with van der Waals surface area (Å²) in [4.78, 5) is 4.63. The van der Waals surface area contributed by atoms with Crippen LogP contribution in [0.4, 0.5) is 0 Å². The second kappa shape index (κ2) is 5.34. The fourth-order valence-electron chi connectivity index (χ4n) is 2.86. The van der Waals surface area contributed by atoms with Crippen LogP contribution in [-0.4, -0.2) is 4.98 Å². The average Bonchev–Trinajstić information content (AvgIpc) is 2.40. The van der Waals surface area contributed by atoms with Crippen molar-refractivity contribution >= 4 is 0 Å². The van der Waals surface area contributed by atoms with E-state index in [0.29, 0.717) is 0 Å². The van der Waals surface area contributed by atoms with Crippen LogP contribution < -0.4 is 0 Å². The molecule has 0 fully saturated rings. The molecule has 0 radical (unpaired) electrons. The summed E-state index contributed by atoms with van der Waals surface area (Å²) in [5.74, 6) is 0. The molecular weight excluding hydrogens is 218 g/mol. The van der Waals surface area contributed by atoms with Gasteiger partial charge in [0.25, 0.3) is 0 Å². The van der Waals surface area contributed by atoms with E-state index < -0.39 is 0 Å². The summed E-state index contributed by atoms with van der Waals surface area (Å²) in [6, 6.07) is 12.8. The summed E-state index contributed by atoms with van der Waals surface area (Å²) >= 11 is 0. The van der Waals surface area contributed by atoms with Crippen LogP contribution in [0, 0.1) is 0 Å². The van der Waals surface area contributed by atoms with Crippen LogP contribution in [0.5, 0.6) is 0 Å². The normalized spacial score (nSPS) is 15.6. The third-order valence-corrected chi connectivity index (χ3v) is 3.82. The molecule has 0 aliphatic heterocycles. The Balaban J connectivity index is 2.07. The lowest BCUT2D eigenvalue weighted by Gasteiger charge is -2.16. The van der Waals surface area contributed by atoms with Crippen LogP contribution in [0.15, 0.2) is 42.6 Å². The smallest absolute Gasteiger partial charge is 0.0736 e. The van der Waals surface area contributed by atoms with Crippen molar-refractivity contribution in [1.82, 2.24) is 4.98 Å². The Morgan fingerprint density at radius 3 is 2.39 bits per heavy atom. The standard InChI is InChI=1S/C17H19N/c1-2-7-11-16-14(8-4-1)12-13-18-17(16)15-9-5-3-6-10-15/h3,5-6,9-10,12-13H,1-2,4,7-8,11H2. The van der Waals surface area contributed by atoms with Crippen molar-refractivity contribution < 1.29 is 0 Å². The zero-order chi connectivity index (χ0) is 12.2. The fourth-order valence-corrected chi connectivity index (χ4v) is 2.86. The zero-order valence-electron chi connectivity index (χ0n) is 10.7. The van der Waals surface area contributed by atoms with Gasteiger partial charge in [0.2, 0.25) is 0 Å². The number of pyridine rings is 1. The molecule has 0 atom stereocenters. The zero-order valence-corrected chi connectivity index (χ0v) is 10.7. The minimum atomic E-state index is 1.19. The molecule has 1 aliphatic carbocycles. The lowest BCUT2D eigenvalue weighted by Crippen LogP contribution is -2.03. The van der Waals surface area contributed by atoms with Gasteiger partial charge in [-0.1, -0.05) is 43.2 Å². The molecule has 2 aromatic rings. The number of nitrogens with zero attached hydrogens (tertiary/aromatic N) is 1. The van der Waals surface area contributed by atoms with Crippen molar-refractivity contribution in [2.45, 2.75) is 38.5 Å². The van der Waals surface area contributed by atoms with Gasteiger partial charge in [0, 0.05) is 11.8 Å². The molecule has 0 saturated carbocycles. The number of hydrogen-bond donors (Lipinski definition) is 0. The molecule has 1 nitrogen and oxygen atoms in total. The first-order valence-corrected chi connectivity index (χ1v) is 6.97. The van der Waals surface area contributed by atoms with E-state index in [0.717, 1.165) is 0 Å². The highest BCUT2D eigenvalue weighted by atomic mass is 14.7. The van der Waals surface area contributed by atoms with E-state index in [1.807, 2.05) is 6.20 Å². The van der Waals surface area contributed by atoms with E-state index in [9.17, 15) is 0 Å². The molecule has 0 unspecified atom stereocenters. The van der Waals surface area contributed by atoms with E-state index in [4.69, 9.17) is 0 Å². The van der Waals surface area contributed by atoms with Crippen LogP contribution in [-0.2, 0) is 12.8 Å². The lowest BCUT2D eigenvalue weighted by molar-refractivity contribution is 0.616. The van der Waals surface area contributed by atoms with Gasteiger partial charge in [0.1, 0.15) is 0 Å². The Morgan fingerprint density at radius 2 is 1.56 bits per heavy atom. The third kappa shape index (κ3) is 2.31. The Hall–Kier alpha value is -1.63. The van der Waals surface area contributed by atoms with Gasteiger partial charge in [0.15, 0.2) is 0 Å². The lowest BCUT2D eigenvalue weighted by atomic mass is 9.91. The second-order valence-corrected chi connectivity index (χ2v) is 5.08. The van der Waals surface area contributed by atoms with Gasteiger partial charge in [0.05, 0.1) is 5.69 Å². The molecule has 1 heterocycles. The van der Waals surface area contributed by atoms with E-state index >= 15 is 0 Å². The van der Waals surface area contributed by atoms with E-state index in [2.05, 4.69) is 41.4 Å². The fraction of sp³-hybridized carbons (Fsp3) is 0.353. The first-order valence-electron chi connectivity index (χ1n) is 6.97. The Labute approximate surface area is 109 Å². The first kappa shape index (κ1) is 11.5. The van der Waals surface area contributed by atoms with Crippen LogP contribution in [0.25, 0.3) is 11.3 Å². The van der Waals surface area contributed by atoms with Gasteiger partial charge in [-0.25, -0.2) is 0 Å². The topological polar surface area (TPSA) is 12.9 Å². The molecule has 0 spiro atoms.